The predicted molar refractivity (Wildman–Crippen MR) is 95.9 cm³/mol. The number of para-hydroxylation sites is 1. The summed E-state index contributed by atoms with van der Waals surface area (Å²) >= 11 is 4.21. The smallest absolute Gasteiger partial charge is 0.412 e. The van der Waals surface area contributed by atoms with E-state index < -0.39 is 48.5 Å². The number of aromatic nitrogens is 2. The van der Waals surface area contributed by atoms with Gasteiger partial charge in [0.15, 0.2) is 12.3 Å². The molecule has 1 aliphatic heterocycles. The van der Waals surface area contributed by atoms with E-state index in [-0.39, 0.29) is 0 Å². The molecule has 0 bridgehead atoms. The summed E-state index contributed by atoms with van der Waals surface area (Å²) in [4.78, 5) is 38.0. The first-order chi connectivity index (χ1) is 12.9. The van der Waals surface area contributed by atoms with Crippen LogP contribution in [0.1, 0.15) is 6.23 Å². The van der Waals surface area contributed by atoms with Gasteiger partial charge in [0.1, 0.15) is 12.2 Å². The number of hydrogen-bond donors (Lipinski definition) is 5. The minimum absolute atomic E-state index is 0.385. The minimum atomic E-state index is -1.39. The zero-order valence-electron chi connectivity index (χ0n) is 13.8. The summed E-state index contributed by atoms with van der Waals surface area (Å²) in [5, 5.41) is 22.1. The second-order valence-corrected chi connectivity index (χ2v) is 6.25. The van der Waals surface area contributed by atoms with Crippen LogP contribution in [0.3, 0.4) is 0 Å². The highest BCUT2D eigenvalue weighted by Gasteiger charge is 2.47. The van der Waals surface area contributed by atoms with Crippen molar-refractivity contribution in [2.45, 2.75) is 29.4 Å². The lowest BCUT2D eigenvalue weighted by Gasteiger charge is -2.22. The Kier molecular flexibility index (Phi) is 5.65. The van der Waals surface area contributed by atoms with Gasteiger partial charge >= 0.3 is 11.8 Å². The molecule has 144 valence electrons. The Morgan fingerprint density at radius 1 is 1.33 bits per heavy atom. The first kappa shape index (κ1) is 19.2. The van der Waals surface area contributed by atoms with E-state index in [1.54, 1.807) is 24.3 Å². The summed E-state index contributed by atoms with van der Waals surface area (Å²) in [5.74, 6) is 0. The fourth-order valence-electron chi connectivity index (χ4n) is 2.69. The van der Waals surface area contributed by atoms with Gasteiger partial charge in [0, 0.05) is 17.2 Å². The maximum atomic E-state index is 12.2. The molecule has 0 radical (unpaired) electrons. The summed E-state index contributed by atoms with van der Waals surface area (Å²) < 4.78 is 11.6. The number of rotatable bonds is 4. The van der Waals surface area contributed by atoms with Crippen LogP contribution in [0.4, 0.5) is 10.5 Å². The van der Waals surface area contributed by atoms with Crippen LogP contribution < -0.4 is 16.6 Å². The van der Waals surface area contributed by atoms with Crippen molar-refractivity contribution < 1.29 is 24.5 Å². The van der Waals surface area contributed by atoms with Crippen molar-refractivity contribution in [3.8, 4) is 0 Å². The molecule has 10 nitrogen and oxygen atoms in total. The van der Waals surface area contributed by atoms with Gasteiger partial charge in [-0.3, -0.25) is 19.7 Å². The van der Waals surface area contributed by atoms with Crippen LogP contribution in [0, 0.1) is 0 Å². The number of aliphatic hydroxyl groups excluding tert-OH is 2. The first-order valence-electron chi connectivity index (χ1n) is 7.92. The van der Waals surface area contributed by atoms with Crippen molar-refractivity contribution in [1.82, 2.24) is 9.55 Å². The first-order valence-corrected chi connectivity index (χ1v) is 8.37. The van der Waals surface area contributed by atoms with Gasteiger partial charge in [-0.05, 0) is 12.1 Å². The number of aromatic amines is 1. The zero-order valence-corrected chi connectivity index (χ0v) is 14.7. The number of nitrogens with one attached hydrogen (secondary N) is 2. The standard InChI is InChI=1S/C16H17N3O7S/c20-7-9-12(22)13(14(25-9)19-6-5-11(21)18-15(19)23)26-16(24)17-8-3-1-2-4-10(8)27/h1-6,9,12-14,20,22,27H,7H2,(H,17,24)(H,18,21,23)/t9-,12-,13-,14-/m1/s1. The van der Waals surface area contributed by atoms with Gasteiger partial charge < -0.3 is 19.7 Å². The van der Waals surface area contributed by atoms with Gasteiger partial charge in [-0.15, -0.1) is 12.6 Å². The third kappa shape index (κ3) is 4.06. The van der Waals surface area contributed by atoms with E-state index in [1.807, 2.05) is 4.98 Å². The lowest BCUT2D eigenvalue weighted by molar-refractivity contribution is -0.0559. The van der Waals surface area contributed by atoms with E-state index in [0.29, 0.717) is 10.6 Å². The summed E-state index contributed by atoms with van der Waals surface area (Å²) in [7, 11) is 0. The van der Waals surface area contributed by atoms with Gasteiger partial charge in [-0.2, -0.15) is 0 Å². The van der Waals surface area contributed by atoms with E-state index in [4.69, 9.17) is 9.47 Å². The number of H-pyrrole nitrogens is 1. The van der Waals surface area contributed by atoms with Crippen LogP contribution in [0.25, 0.3) is 0 Å². The van der Waals surface area contributed by atoms with E-state index in [9.17, 15) is 24.6 Å². The van der Waals surface area contributed by atoms with Crippen molar-refractivity contribution in [1.29, 1.82) is 0 Å². The molecule has 2 aromatic rings. The number of hydrogen-bond acceptors (Lipinski definition) is 8. The molecular weight excluding hydrogens is 378 g/mol. The summed E-state index contributed by atoms with van der Waals surface area (Å²) in [6, 6.07) is 7.77. The summed E-state index contributed by atoms with van der Waals surface area (Å²) in [5.41, 5.74) is -1.04. The molecule has 0 unspecified atom stereocenters. The maximum Gasteiger partial charge on any atom is 0.412 e. The lowest BCUT2D eigenvalue weighted by Crippen LogP contribution is -2.41. The molecule has 1 amide bonds. The zero-order chi connectivity index (χ0) is 19.6. The van der Waals surface area contributed by atoms with E-state index in [2.05, 4.69) is 17.9 Å². The third-order valence-electron chi connectivity index (χ3n) is 4.00. The van der Waals surface area contributed by atoms with Crippen LogP contribution in [-0.4, -0.2) is 50.8 Å². The summed E-state index contributed by atoms with van der Waals surface area (Å²) in [6.45, 7) is -0.559. The number of amides is 1. The van der Waals surface area contributed by atoms with Crippen LogP contribution >= 0.6 is 12.6 Å². The van der Waals surface area contributed by atoms with E-state index in [0.717, 1.165) is 16.8 Å². The van der Waals surface area contributed by atoms with Crippen molar-refractivity contribution >= 4 is 24.4 Å². The Morgan fingerprint density at radius 3 is 2.74 bits per heavy atom. The Balaban J connectivity index is 1.83. The van der Waals surface area contributed by atoms with Gasteiger partial charge in [0.25, 0.3) is 5.56 Å². The largest absolute Gasteiger partial charge is 0.438 e. The van der Waals surface area contributed by atoms with Crippen molar-refractivity contribution in [3.05, 3.63) is 57.4 Å². The molecule has 4 atom stereocenters. The number of carbonyl (C=O) groups is 1. The number of carbonyl (C=O) groups excluding carboxylic acids is 1. The quantitative estimate of drug-likeness (QED) is 0.447. The topological polar surface area (TPSA) is 143 Å². The monoisotopic (exact) mass is 395 g/mol. The highest BCUT2D eigenvalue weighted by atomic mass is 32.1. The molecule has 0 aliphatic carbocycles. The fraction of sp³-hybridized carbons (Fsp3) is 0.312. The molecule has 0 saturated carbocycles. The number of thiol groups is 1. The van der Waals surface area contributed by atoms with Crippen molar-refractivity contribution in [3.63, 3.8) is 0 Å². The molecule has 4 N–H and O–H groups in total. The van der Waals surface area contributed by atoms with Crippen LogP contribution in [-0.2, 0) is 9.47 Å². The second-order valence-electron chi connectivity index (χ2n) is 5.77. The maximum absolute atomic E-state index is 12.2. The van der Waals surface area contributed by atoms with Gasteiger partial charge in [0.05, 0.1) is 12.3 Å². The van der Waals surface area contributed by atoms with Gasteiger partial charge in [-0.1, -0.05) is 12.1 Å². The molecule has 1 fully saturated rings. The molecule has 27 heavy (non-hydrogen) atoms. The Morgan fingerprint density at radius 2 is 2.07 bits per heavy atom. The lowest BCUT2D eigenvalue weighted by atomic mass is 10.1. The predicted octanol–water partition coefficient (Wildman–Crippen LogP) is -0.307. The van der Waals surface area contributed by atoms with Gasteiger partial charge in [-0.25, -0.2) is 9.59 Å². The Hall–Kier alpha value is -2.60. The highest BCUT2D eigenvalue weighted by molar-refractivity contribution is 7.80. The average molecular weight is 395 g/mol. The molecular formula is C16H17N3O7S. The Bertz CT molecular complexity index is 944. The number of nitrogens with zero attached hydrogens (tertiary/aromatic N) is 1. The minimum Gasteiger partial charge on any atom is -0.438 e. The van der Waals surface area contributed by atoms with Crippen LogP contribution in [0.15, 0.2) is 51.0 Å². The molecule has 2 heterocycles. The van der Waals surface area contributed by atoms with E-state index >= 15 is 0 Å². The normalized spacial score (nSPS) is 24.6. The number of aliphatic hydroxyl groups is 2. The molecule has 1 aromatic heterocycles. The van der Waals surface area contributed by atoms with Crippen molar-refractivity contribution in [2.75, 3.05) is 11.9 Å². The average Bonchev–Trinajstić information content (AvgIpc) is 2.93. The molecule has 1 aromatic carbocycles. The molecule has 11 heteroatoms. The number of anilines is 1. The van der Waals surface area contributed by atoms with Crippen LogP contribution in [0.2, 0.25) is 0 Å². The molecule has 0 spiro atoms. The van der Waals surface area contributed by atoms with Crippen molar-refractivity contribution in [2.24, 2.45) is 0 Å². The Labute approximate surface area is 157 Å². The fourth-order valence-corrected chi connectivity index (χ4v) is 2.91. The van der Waals surface area contributed by atoms with Gasteiger partial charge in [0.2, 0.25) is 0 Å². The highest BCUT2D eigenvalue weighted by Crippen LogP contribution is 2.31. The molecule has 1 saturated heterocycles. The SMILES string of the molecule is O=C(Nc1ccccc1S)O[C@@H]1[C@H](O)[C@@H](CO)O[C@H]1n1ccc(=O)[nH]c1=O. The summed E-state index contributed by atoms with van der Waals surface area (Å²) in [6.07, 6.45) is -4.78. The third-order valence-corrected chi connectivity index (χ3v) is 4.39. The number of benzene rings is 1. The second kappa shape index (κ2) is 7.96. The molecule has 3 rings (SSSR count). The van der Waals surface area contributed by atoms with Crippen LogP contribution in [0.5, 0.6) is 0 Å². The molecule has 1 aliphatic rings. The number of ether oxygens (including phenoxy) is 2. The van der Waals surface area contributed by atoms with E-state index in [1.165, 1.54) is 0 Å².